The Morgan fingerprint density at radius 3 is 2.67 bits per heavy atom. The van der Waals surface area contributed by atoms with Crippen LogP contribution >= 0.6 is 0 Å². The van der Waals surface area contributed by atoms with Crippen LogP contribution in [0.3, 0.4) is 0 Å². The quantitative estimate of drug-likeness (QED) is 0.427. The highest BCUT2D eigenvalue weighted by atomic mass is 16.1. The number of carbonyl (C=O) groups excluding carboxylic acids is 1. The van der Waals surface area contributed by atoms with Crippen molar-refractivity contribution >= 4 is 28.3 Å². The molecule has 0 saturated heterocycles. The topological polar surface area (TPSA) is 112 Å². The molecule has 8 heteroatoms. The van der Waals surface area contributed by atoms with Gasteiger partial charge in [-0.3, -0.25) is 4.79 Å². The van der Waals surface area contributed by atoms with Crippen LogP contribution in [0, 0.1) is 25.2 Å². The van der Waals surface area contributed by atoms with Crippen LogP contribution in [0.5, 0.6) is 0 Å². The normalized spacial score (nSPS) is 11.1. The second-order valence-electron chi connectivity index (χ2n) is 7.89. The molecule has 2 aromatic carbocycles. The number of nitrogens with zero attached hydrogens (tertiary/aromatic N) is 5. The van der Waals surface area contributed by atoms with Crippen molar-refractivity contribution in [1.29, 1.82) is 5.26 Å². The number of nitriles is 1. The minimum absolute atomic E-state index is 0.0800. The van der Waals surface area contributed by atoms with Crippen molar-refractivity contribution in [3.05, 3.63) is 77.2 Å². The van der Waals surface area contributed by atoms with E-state index >= 15 is 0 Å². The highest BCUT2D eigenvalue weighted by molar-refractivity contribution is 5.91. The summed E-state index contributed by atoms with van der Waals surface area (Å²) < 4.78 is 1.66. The van der Waals surface area contributed by atoms with E-state index < -0.39 is 0 Å². The van der Waals surface area contributed by atoms with Crippen LogP contribution in [0.15, 0.2) is 54.7 Å². The second kappa shape index (κ2) is 8.20. The molecule has 0 aliphatic rings. The number of fused-ring (bicyclic) bond motifs is 2. The number of rotatable bonds is 5. The number of para-hydroxylation sites is 2. The number of imidazole rings is 1. The van der Waals surface area contributed by atoms with Gasteiger partial charge in [-0.2, -0.15) is 10.4 Å². The Bertz CT molecular complexity index is 1500. The Morgan fingerprint density at radius 2 is 1.91 bits per heavy atom. The van der Waals surface area contributed by atoms with Gasteiger partial charge >= 0.3 is 0 Å². The average molecular weight is 435 g/mol. The molecule has 162 valence electrons. The average Bonchev–Trinajstić information content (AvgIpc) is 3.43. The van der Waals surface area contributed by atoms with Crippen LogP contribution < -0.4 is 5.32 Å². The summed E-state index contributed by atoms with van der Waals surface area (Å²) >= 11 is 0. The molecule has 0 aliphatic carbocycles. The lowest BCUT2D eigenvalue weighted by Crippen LogP contribution is -2.14. The lowest BCUT2D eigenvalue weighted by molar-refractivity contribution is -0.116. The van der Waals surface area contributed by atoms with Crippen LogP contribution in [0.2, 0.25) is 0 Å². The predicted octanol–water partition coefficient (Wildman–Crippen LogP) is 4.33. The second-order valence-corrected chi connectivity index (χ2v) is 7.89. The van der Waals surface area contributed by atoms with Gasteiger partial charge in [-0.05, 0) is 62.2 Å². The zero-order valence-corrected chi connectivity index (χ0v) is 18.3. The molecule has 0 saturated carbocycles. The van der Waals surface area contributed by atoms with Gasteiger partial charge in [0.2, 0.25) is 5.91 Å². The summed E-state index contributed by atoms with van der Waals surface area (Å²) in [6.45, 7) is 3.82. The van der Waals surface area contributed by atoms with Crippen LogP contribution in [0.4, 0.5) is 5.69 Å². The standard InChI is InChI=1S/C25H21N7O/c1-15-20(16(2)32-25(28-15)18(13-26)14-27-32)11-12-23(33)29-19-9-7-17(8-10-19)24-30-21-5-3-4-6-22(21)31-24/h3-10,14H,11-12H2,1-2H3,(H,29,33)(H,30,31). The molecule has 0 radical (unpaired) electrons. The number of nitrogens with one attached hydrogen (secondary N) is 2. The van der Waals surface area contributed by atoms with Gasteiger partial charge in [0.05, 0.1) is 17.2 Å². The summed E-state index contributed by atoms with van der Waals surface area (Å²) in [5.74, 6) is 0.713. The third-order valence-corrected chi connectivity index (χ3v) is 5.76. The molecular formula is C25H21N7O. The van der Waals surface area contributed by atoms with Gasteiger partial charge in [0.15, 0.2) is 5.65 Å². The molecule has 3 aromatic heterocycles. The Balaban J connectivity index is 1.26. The molecule has 5 aromatic rings. The first-order valence-electron chi connectivity index (χ1n) is 10.6. The van der Waals surface area contributed by atoms with Gasteiger partial charge in [-0.1, -0.05) is 12.1 Å². The molecule has 0 spiro atoms. The molecule has 0 fully saturated rings. The molecule has 33 heavy (non-hydrogen) atoms. The van der Waals surface area contributed by atoms with Crippen LogP contribution in [-0.2, 0) is 11.2 Å². The maximum atomic E-state index is 12.6. The van der Waals surface area contributed by atoms with E-state index in [0.717, 1.165) is 45.1 Å². The van der Waals surface area contributed by atoms with Crippen LogP contribution in [-0.4, -0.2) is 30.5 Å². The Labute approximate surface area is 189 Å². The molecule has 0 atom stereocenters. The molecule has 8 nitrogen and oxygen atoms in total. The SMILES string of the molecule is Cc1nc2c(C#N)cnn2c(C)c1CCC(=O)Nc1ccc(-c2nc3ccccc3[nH]2)cc1. The number of hydrogen-bond acceptors (Lipinski definition) is 5. The van der Waals surface area contributed by atoms with Crippen LogP contribution in [0.1, 0.15) is 28.9 Å². The van der Waals surface area contributed by atoms with E-state index in [1.54, 1.807) is 4.52 Å². The van der Waals surface area contributed by atoms with Crippen molar-refractivity contribution in [3.8, 4) is 17.5 Å². The molecule has 1 amide bonds. The Hall–Kier alpha value is -4.51. The van der Waals surface area contributed by atoms with E-state index in [2.05, 4.69) is 31.4 Å². The number of hydrogen-bond donors (Lipinski definition) is 2. The van der Waals surface area contributed by atoms with Gasteiger partial charge < -0.3 is 10.3 Å². The fourth-order valence-electron chi connectivity index (χ4n) is 4.01. The third-order valence-electron chi connectivity index (χ3n) is 5.76. The molecule has 0 aliphatic heterocycles. The third kappa shape index (κ3) is 3.81. The fraction of sp³-hybridized carbons (Fsp3) is 0.160. The van der Waals surface area contributed by atoms with E-state index in [1.165, 1.54) is 6.20 Å². The fourth-order valence-corrected chi connectivity index (χ4v) is 4.01. The van der Waals surface area contributed by atoms with E-state index in [9.17, 15) is 10.1 Å². The molecular weight excluding hydrogens is 414 g/mol. The minimum atomic E-state index is -0.0800. The highest BCUT2D eigenvalue weighted by Crippen LogP contribution is 2.23. The summed E-state index contributed by atoms with van der Waals surface area (Å²) in [6.07, 6.45) is 2.36. The minimum Gasteiger partial charge on any atom is -0.338 e. The molecule has 3 heterocycles. The van der Waals surface area contributed by atoms with Crippen molar-refractivity contribution in [1.82, 2.24) is 24.6 Å². The van der Waals surface area contributed by atoms with E-state index in [4.69, 9.17) is 0 Å². The lowest BCUT2D eigenvalue weighted by atomic mass is 10.1. The monoisotopic (exact) mass is 435 g/mol. The molecule has 0 bridgehead atoms. The first-order valence-corrected chi connectivity index (χ1v) is 10.6. The van der Waals surface area contributed by atoms with Crippen molar-refractivity contribution in [2.75, 3.05) is 5.32 Å². The summed E-state index contributed by atoms with van der Waals surface area (Å²) in [5, 5.41) is 16.4. The zero-order chi connectivity index (χ0) is 22.9. The number of aromatic amines is 1. The zero-order valence-electron chi connectivity index (χ0n) is 18.3. The number of anilines is 1. The van der Waals surface area contributed by atoms with Crippen molar-refractivity contribution in [2.24, 2.45) is 0 Å². The Kier molecular flexibility index (Phi) is 5.07. The summed E-state index contributed by atoms with van der Waals surface area (Å²) in [6, 6.07) is 17.6. The molecule has 5 rings (SSSR count). The maximum absolute atomic E-state index is 12.6. The number of H-pyrrole nitrogens is 1. The van der Waals surface area contributed by atoms with Crippen molar-refractivity contribution < 1.29 is 4.79 Å². The van der Waals surface area contributed by atoms with Gasteiger partial charge in [0.1, 0.15) is 17.5 Å². The summed E-state index contributed by atoms with van der Waals surface area (Å²) in [4.78, 5) is 25.0. The van der Waals surface area contributed by atoms with Crippen molar-refractivity contribution in [3.63, 3.8) is 0 Å². The van der Waals surface area contributed by atoms with Gasteiger partial charge in [0.25, 0.3) is 0 Å². The smallest absolute Gasteiger partial charge is 0.224 e. The number of amides is 1. The number of benzene rings is 2. The number of aryl methyl sites for hydroxylation is 2. The summed E-state index contributed by atoms with van der Waals surface area (Å²) in [7, 11) is 0. The number of aromatic nitrogens is 5. The first kappa shape index (κ1) is 20.4. The summed E-state index contributed by atoms with van der Waals surface area (Å²) in [5.41, 5.74) is 7.23. The largest absolute Gasteiger partial charge is 0.338 e. The van der Waals surface area contributed by atoms with E-state index in [-0.39, 0.29) is 5.91 Å². The van der Waals surface area contributed by atoms with E-state index in [0.29, 0.717) is 24.1 Å². The van der Waals surface area contributed by atoms with E-state index in [1.807, 2.05) is 62.4 Å². The van der Waals surface area contributed by atoms with Gasteiger partial charge in [0, 0.05) is 29.1 Å². The van der Waals surface area contributed by atoms with Gasteiger partial charge in [-0.25, -0.2) is 14.5 Å². The first-order chi connectivity index (χ1) is 16.0. The highest BCUT2D eigenvalue weighted by Gasteiger charge is 2.15. The molecule has 0 unspecified atom stereocenters. The lowest BCUT2D eigenvalue weighted by Gasteiger charge is -2.11. The number of carbonyl (C=O) groups is 1. The predicted molar refractivity (Wildman–Crippen MR) is 126 cm³/mol. The maximum Gasteiger partial charge on any atom is 0.224 e. The van der Waals surface area contributed by atoms with Crippen LogP contribution in [0.25, 0.3) is 28.1 Å². The molecule has 2 N–H and O–H groups in total. The van der Waals surface area contributed by atoms with Gasteiger partial charge in [-0.15, -0.1) is 0 Å². The Morgan fingerprint density at radius 1 is 1.12 bits per heavy atom. The van der Waals surface area contributed by atoms with Crippen molar-refractivity contribution in [2.45, 2.75) is 26.7 Å².